The molecule has 0 bridgehead atoms. The number of hydrogen-bond acceptors (Lipinski definition) is 5. The minimum absolute atomic E-state index is 0.562. The van der Waals surface area contributed by atoms with E-state index in [4.69, 9.17) is 19.9 Å². The van der Waals surface area contributed by atoms with Gasteiger partial charge >= 0.3 is 0 Å². The molecule has 0 fully saturated rings. The normalized spacial score (nSPS) is 11.9. The van der Waals surface area contributed by atoms with Gasteiger partial charge in [-0.3, -0.25) is 4.57 Å². The fourth-order valence-corrected chi connectivity index (χ4v) is 9.77. The van der Waals surface area contributed by atoms with Gasteiger partial charge in [0.1, 0.15) is 4.83 Å². The fraction of sp³-hybridized carbons (Fsp3) is 0. The van der Waals surface area contributed by atoms with Crippen LogP contribution in [-0.2, 0) is 0 Å². The second kappa shape index (κ2) is 12.5. The monoisotopic (exact) mass is 746 g/mol. The smallest absolute Gasteiger partial charge is 0.238 e. The van der Waals surface area contributed by atoms with E-state index >= 15 is 0 Å². The largest absolute Gasteiger partial charge is 0.308 e. The highest BCUT2D eigenvalue weighted by Gasteiger charge is 2.28. The van der Waals surface area contributed by atoms with Crippen molar-refractivity contribution in [1.29, 1.82) is 0 Å². The summed E-state index contributed by atoms with van der Waals surface area (Å²) in [6.07, 6.45) is 1.89. The Balaban J connectivity index is 1.26. The van der Waals surface area contributed by atoms with E-state index in [1.807, 2.05) is 36.5 Å². The van der Waals surface area contributed by atoms with Crippen LogP contribution in [0.5, 0.6) is 0 Å². The van der Waals surface area contributed by atoms with Crippen molar-refractivity contribution >= 4 is 75.3 Å². The van der Waals surface area contributed by atoms with Gasteiger partial charge in [0.15, 0.2) is 11.6 Å². The predicted octanol–water partition coefficient (Wildman–Crippen LogP) is 12.8. The zero-order valence-electron chi connectivity index (χ0n) is 30.4. The Kier molecular flexibility index (Phi) is 7.00. The number of rotatable bonds is 5. The zero-order chi connectivity index (χ0) is 37.5. The number of hydrogen-bond donors (Lipinski definition) is 0. The van der Waals surface area contributed by atoms with Crippen molar-refractivity contribution in [2.24, 2.45) is 0 Å². The van der Waals surface area contributed by atoms with Crippen LogP contribution in [0.4, 0.5) is 0 Å². The summed E-state index contributed by atoms with van der Waals surface area (Å²) in [6, 6.07) is 61.5. The predicted molar refractivity (Wildman–Crippen MR) is 235 cm³/mol. The van der Waals surface area contributed by atoms with Gasteiger partial charge in [-0.1, -0.05) is 140 Å². The van der Waals surface area contributed by atoms with Crippen molar-refractivity contribution in [3.63, 3.8) is 0 Å². The van der Waals surface area contributed by atoms with Gasteiger partial charge in [0.25, 0.3) is 0 Å². The van der Waals surface area contributed by atoms with E-state index in [1.54, 1.807) is 11.3 Å². The molecule has 0 amide bonds. The van der Waals surface area contributed by atoms with Gasteiger partial charge in [-0.15, -0.1) is 11.3 Å². The summed E-state index contributed by atoms with van der Waals surface area (Å²) in [5, 5.41) is 6.93. The van der Waals surface area contributed by atoms with E-state index in [-0.39, 0.29) is 0 Å². The maximum absolute atomic E-state index is 5.38. The Morgan fingerprint density at radius 1 is 0.386 bits per heavy atom. The summed E-state index contributed by atoms with van der Waals surface area (Å²) in [5.74, 6) is 1.79. The Labute approximate surface area is 330 Å². The molecule has 0 spiro atoms. The van der Waals surface area contributed by atoms with Gasteiger partial charge in [0.05, 0.1) is 26.8 Å². The second-order valence-corrected chi connectivity index (χ2v) is 15.2. The average Bonchev–Trinajstić information content (AvgIpc) is 3.95. The lowest BCUT2D eigenvalue weighted by Gasteiger charge is -2.12. The Morgan fingerprint density at radius 3 is 1.61 bits per heavy atom. The van der Waals surface area contributed by atoms with E-state index in [1.165, 1.54) is 15.5 Å². The molecule has 0 atom stereocenters. The van der Waals surface area contributed by atoms with Crippen LogP contribution >= 0.6 is 11.3 Å². The van der Waals surface area contributed by atoms with Gasteiger partial charge in [0, 0.05) is 55.3 Å². The van der Waals surface area contributed by atoms with Crippen LogP contribution in [0.1, 0.15) is 0 Å². The third-order valence-electron chi connectivity index (χ3n) is 11.0. The molecule has 7 heteroatoms. The van der Waals surface area contributed by atoms with Crippen molar-refractivity contribution in [1.82, 2.24) is 29.1 Å². The molecular weight excluding hydrogens is 717 g/mol. The number of fused-ring (bicyclic) bond motifs is 12. The van der Waals surface area contributed by atoms with E-state index < -0.39 is 0 Å². The molecule has 12 aromatic rings. The van der Waals surface area contributed by atoms with Gasteiger partial charge in [-0.05, 0) is 47.5 Å². The molecule has 0 aliphatic carbocycles. The van der Waals surface area contributed by atoms with E-state index in [9.17, 15) is 0 Å². The van der Waals surface area contributed by atoms with E-state index in [2.05, 4.69) is 155 Å². The van der Waals surface area contributed by atoms with Crippen LogP contribution < -0.4 is 0 Å². The summed E-state index contributed by atoms with van der Waals surface area (Å²) in [4.78, 5) is 21.8. The molecule has 266 valence electrons. The number of nitrogens with zero attached hydrogens (tertiary/aromatic N) is 6. The highest BCUT2D eigenvalue weighted by atomic mass is 32.1. The van der Waals surface area contributed by atoms with Crippen LogP contribution in [0, 0.1) is 0 Å². The van der Waals surface area contributed by atoms with Gasteiger partial charge in [-0.25, -0.2) is 9.97 Å². The molecule has 0 saturated carbocycles. The molecule has 0 N–H and O–H groups in total. The van der Waals surface area contributed by atoms with Crippen molar-refractivity contribution in [3.8, 4) is 45.5 Å². The zero-order valence-corrected chi connectivity index (χ0v) is 31.2. The van der Waals surface area contributed by atoms with Gasteiger partial charge in [0.2, 0.25) is 5.95 Å². The molecule has 5 aromatic heterocycles. The summed E-state index contributed by atoms with van der Waals surface area (Å²) in [6.45, 7) is 0. The molecule has 5 heterocycles. The molecule has 0 saturated heterocycles. The highest BCUT2D eigenvalue weighted by Crippen LogP contribution is 2.50. The SMILES string of the molecule is c1ccc(-c2ccc(-c3nc(-c4ccccc4)nc(-n4c5ccccc5c5c6c7cccnc7sc6c6c(c7ccccc7n6-c6ccccc6)c54)n3)cc2)cc1. The quantitative estimate of drug-likeness (QED) is 0.176. The Bertz CT molecular complexity index is 3500. The van der Waals surface area contributed by atoms with Crippen LogP contribution in [0.3, 0.4) is 0 Å². The van der Waals surface area contributed by atoms with Crippen LogP contribution in [0.2, 0.25) is 0 Å². The Hall–Kier alpha value is -7.48. The molecule has 0 aliphatic rings. The standard InChI is InChI=1S/C50H30N6S/c1-4-15-31(16-5-1)32-26-28-34(29-27-32)48-52-47(33-17-6-2-7-18-33)53-50(54-48)56-40-25-13-10-21-36(40)41-42-38-23-14-30-51-49(38)57-46(42)45-43(44(41)56)37-22-11-12-24-39(37)55(45)35-19-8-3-9-20-35/h1-30H. The molecule has 12 rings (SSSR count). The maximum Gasteiger partial charge on any atom is 0.238 e. The molecular formula is C50H30N6S. The lowest BCUT2D eigenvalue weighted by atomic mass is 10.0. The highest BCUT2D eigenvalue weighted by molar-refractivity contribution is 7.26. The van der Waals surface area contributed by atoms with Crippen molar-refractivity contribution in [2.45, 2.75) is 0 Å². The van der Waals surface area contributed by atoms with Gasteiger partial charge < -0.3 is 4.57 Å². The van der Waals surface area contributed by atoms with Crippen LogP contribution in [0.25, 0.3) is 109 Å². The van der Waals surface area contributed by atoms with E-state index in [0.29, 0.717) is 17.6 Å². The number of thiophene rings is 1. The molecule has 7 aromatic carbocycles. The topological polar surface area (TPSA) is 61.4 Å². The summed E-state index contributed by atoms with van der Waals surface area (Å²) < 4.78 is 5.91. The first-order chi connectivity index (χ1) is 28.3. The van der Waals surface area contributed by atoms with Crippen molar-refractivity contribution in [3.05, 3.63) is 182 Å². The molecule has 0 radical (unpaired) electrons. The van der Waals surface area contributed by atoms with Gasteiger partial charge in [-0.2, -0.15) is 9.97 Å². The molecule has 0 unspecified atom stereocenters. The van der Waals surface area contributed by atoms with Crippen molar-refractivity contribution < 1.29 is 0 Å². The second-order valence-electron chi connectivity index (χ2n) is 14.2. The first-order valence-corrected chi connectivity index (χ1v) is 19.8. The lowest BCUT2D eigenvalue weighted by Crippen LogP contribution is -2.06. The minimum atomic E-state index is 0.562. The lowest BCUT2D eigenvalue weighted by molar-refractivity contribution is 0.955. The summed E-state index contributed by atoms with van der Waals surface area (Å²) in [7, 11) is 0. The van der Waals surface area contributed by atoms with Crippen molar-refractivity contribution in [2.75, 3.05) is 0 Å². The third-order valence-corrected chi connectivity index (χ3v) is 12.2. The summed E-state index contributed by atoms with van der Waals surface area (Å²) >= 11 is 1.76. The third kappa shape index (κ3) is 4.83. The molecule has 6 nitrogen and oxygen atoms in total. The molecule has 57 heavy (non-hydrogen) atoms. The Morgan fingerprint density at radius 2 is 0.912 bits per heavy atom. The van der Waals surface area contributed by atoms with Crippen LogP contribution in [0.15, 0.2) is 182 Å². The fourth-order valence-electron chi connectivity index (χ4n) is 8.58. The number of benzene rings is 7. The maximum atomic E-state index is 5.38. The molecule has 0 aliphatic heterocycles. The minimum Gasteiger partial charge on any atom is -0.308 e. The first kappa shape index (κ1) is 31.8. The number of pyridine rings is 1. The number of para-hydroxylation sites is 3. The summed E-state index contributed by atoms with van der Waals surface area (Å²) in [5.41, 5.74) is 9.60. The van der Waals surface area contributed by atoms with E-state index in [0.717, 1.165) is 76.4 Å². The van der Waals surface area contributed by atoms with Crippen LogP contribution in [-0.4, -0.2) is 29.1 Å². The average molecular weight is 747 g/mol. The first-order valence-electron chi connectivity index (χ1n) is 19.0. The number of aromatic nitrogens is 6.